The molecule has 1 aliphatic heterocycles. The van der Waals surface area contributed by atoms with Crippen LogP contribution in [0.25, 0.3) is 0 Å². The summed E-state index contributed by atoms with van der Waals surface area (Å²) in [6.07, 6.45) is 3.32. The molecule has 2 N–H and O–H groups in total. The van der Waals surface area contributed by atoms with Gasteiger partial charge in [0.15, 0.2) is 0 Å². The number of amides is 2. The fourth-order valence-electron chi connectivity index (χ4n) is 2.67. The minimum absolute atomic E-state index is 0.0620. The van der Waals surface area contributed by atoms with E-state index in [4.69, 9.17) is 0 Å². The van der Waals surface area contributed by atoms with Crippen LogP contribution in [-0.2, 0) is 14.8 Å². The lowest BCUT2D eigenvalue weighted by Crippen LogP contribution is -2.28. The van der Waals surface area contributed by atoms with Crippen LogP contribution >= 0.6 is 0 Å². The Morgan fingerprint density at radius 3 is 2.12 bits per heavy atom. The molecule has 0 spiro atoms. The lowest BCUT2D eigenvalue weighted by atomic mass is 10.2. The number of hydrogen-bond acceptors (Lipinski definition) is 4. The molecule has 1 heterocycles. The SMILES string of the molecule is CC(=O)NCCCCNC(=O)c1ccc(S(=O)(=O)N2CCCC2)cc1. The summed E-state index contributed by atoms with van der Waals surface area (Å²) in [7, 11) is -3.45. The molecule has 0 radical (unpaired) electrons. The van der Waals surface area contributed by atoms with E-state index in [0.717, 1.165) is 25.7 Å². The minimum atomic E-state index is -3.45. The monoisotopic (exact) mass is 367 g/mol. The minimum Gasteiger partial charge on any atom is -0.356 e. The number of nitrogens with zero attached hydrogens (tertiary/aromatic N) is 1. The van der Waals surface area contributed by atoms with Crippen molar-refractivity contribution >= 4 is 21.8 Å². The molecule has 0 bridgehead atoms. The molecule has 7 nitrogen and oxygen atoms in total. The number of benzene rings is 1. The summed E-state index contributed by atoms with van der Waals surface area (Å²) in [5.74, 6) is -0.294. The van der Waals surface area contributed by atoms with Gasteiger partial charge in [0.1, 0.15) is 0 Å². The molecule has 1 fully saturated rings. The standard InChI is InChI=1S/C17H25N3O4S/c1-14(21)18-10-2-3-11-19-17(22)15-6-8-16(9-7-15)25(23,24)20-12-4-5-13-20/h6-9H,2-5,10-13H2,1H3,(H,18,21)(H,19,22). The summed E-state index contributed by atoms with van der Waals surface area (Å²) in [6, 6.07) is 6.05. The van der Waals surface area contributed by atoms with Crippen LogP contribution in [0.2, 0.25) is 0 Å². The first-order valence-electron chi connectivity index (χ1n) is 8.54. The number of nitrogens with one attached hydrogen (secondary N) is 2. The van der Waals surface area contributed by atoms with Gasteiger partial charge in [-0.05, 0) is 49.9 Å². The fourth-order valence-corrected chi connectivity index (χ4v) is 4.19. The molecule has 0 saturated carbocycles. The fraction of sp³-hybridized carbons (Fsp3) is 0.529. The van der Waals surface area contributed by atoms with Gasteiger partial charge in [0, 0.05) is 38.7 Å². The molecule has 8 heteroatoms. The maximum Gasteiger partial charge on any atom is 0.251 e. The summed E-state index contributed by atoms with van der Waals surface area (Å²) in [5, 5.41) is 5.49. The third-order valence-electron chi connectivity index (χ3n) is 4.08. The highest BCUT2D eigenvalue weighted by molar-refractivity contribution is 7.89. The van der Waals surface area contributed by atoms with E-state index in [-0.39, 0.29) is 16.7 Å². The predicted molar refractivity (Wildman–Crippen MR) is 94.7 cm³/mol. The Balaban J connectivity index is 1.82. The molecule has 1 aliphatic rings. The van der Waals surface area contributed by atoms with E-state index in [1.807, 2.05) is 0 Å². The van der Waals surface area contributed by atoms with Crippen molar-refractivity contribution in [3.8, 4) is 0 Å². The van der Waals surface area contributed by atoms with Gasteiger partial charge in [-0.25, -0.2) is 8.42 Å². The maximum absolute atomic E-state index is 12.4. The molecular formula is C17H25N3O4S. The Labute approximate surface area is 148 Å². The van der Waals surface area contributed by atoms with E-state index in [1.54, 1.807) is 0 Å². The van der Waals surface area contributed by atoms with Crippen molar-refractivity contribution in [3.05, 3.63) is 29.8 Å². The van der Waals surface area contributed by atoms with Crippen molar-refractivity contribution in [1.29, 1.82) is 0 Å². The first-order chi connectivity index (χ1) is 11.9. The Kier molecular flexibility index (Phi) is 6.95. The average Bonchev–Trinajstić information content (AvgIpc) is 3.13. The normalized spacial score (nSPS) is 15.1. The summed E-state index contributed by atoms with van der Waals surface area (Å²) >= 11 is 0. The van der Waals surface area contributed by atoms with Crippen LogP contribution in [0, 0.1) is 0 Å². The quantitative estimate of drug-likeness (QED) is 0.673. The summed E-state index contributed by atoms with van der Waals surface area (Å²) in [5.41, 5.74) is 0.433. The van der Waals surface area contributed by atoms with Crippen LogP contribution < -0.4 is 10.6 Å². The van der Waals surface area contributed by atoms with Gasteiger partial charge in [-0.3, -0.25) is 9.59 Å². The maximum atomic E-state index is 12.4. The van der Waals surface area contributed by atoms with E-state index in [2.05, 4.69) is 10.6 Å². The zero-order valence-corrected chi connectivity index (χ0v) is 15.3. The van der Waals surface area contributed by atoms with Crippen molar-refractivity contribution in [3.63, 3.8) is 0 Å². The van der Waals surface area contributed by atoms with Crippen LogP contribution in [0.5, 0.6) is 0 Å². The van der Waals surface area contributed by atoms with Gasteiger partial charge in [0.2, 0.25) is 15.9 Å². The van der Waals surface area contributed by atoms with E-state index in [0.29, 0.717) is 31.7 Å². The van der Waals surface area contributed by atoms with E-state index in [1.165, 1.54) is 35.5 Å². The zero-order valence-electron chi connectivity index (χ0n) is 14.5. The molecule has 0 unspecified atom stereocenters. The molecule has 0 aromatic heterocycles. The van der Waals surface area contributed by atoms with Crippen LogP contribution in [-0.4, -0.2) is 50.7 Å². The van der Waals surface area contributed by atoms with Crippen molar-refractivity contribution in [2.45, 2.75) is 37.5 Å². The second-order valence-corrected chi connectivity index (χ2v) is 8.02. The van der Waals surface area contributed by atoms with Gasteiger partial charge in [0.05, 0.1) is 4.90 Å². The first kappa shape index (κ1) is 19.4. The van der Waals surface area contributed by atoms with Crippen molar-refractivity contribution in [2.75, 3.05) is 26.2 Å². The van der Waals surface area contributed by atoms with Gasteiger partial charge >= 0.3 is 0 Å². The smallest absolute Gasteiger partial charge is 0.251 e. The third kappa shape index (κ3) is 5.54. The highest BCUT2D eigenvalue weighted by Gasteiger charge is 2.27. The number of rotatable bonds is 8. The zero-order chi connectivity index (χ0) is 18.3. The van der Waals surface area contributed by atoms with Gasteiger partial charge in [-0.2, -0.15) is 4.31 Å². The van der Waals surface area contributed by atoms with Gasteiger partial charge in [-0.1, -0.05) is 0 Å². The lowest BCUT2D eigenvalue weighted by Gasteiger charge is -2.15. The Morgan fingerprint density at radius 2 is 1.56 bits per heavy atom. The molecule has 25 heavy (non-hydrogen) atoms. The van der Waals surface area contributed by atoms with E-state index >= 15 is 0 Å². The molecule has 1 aromatic rings. The lowest BCUT2D eigenvalue weighted by molar-refractivity contribution is -0.118. The Hall–Kier alpha value is -1.93. The average molecular weight is 367 g/mol. The third-order valence-corrected chi connectivity index (χ3v) is 6.00. The molecule has 0 aliphatic carbocycles. The number of unbranched alkanes of at least 4 members (excludes halogenated alkanes) is 1. The van der Waals surface area contributed by atoms with E-state index < -0.39 is 10.0 Å². The summed E-state index contributed by atoms with van der Waals surface area (Å²) in [6.45, 7) is 3.68. The first-order valence-corrected chi connectivity index (χ1v) is 9.98. The molecule has 1 saturated heterocycles. The van der Waals surface area contributed by atoms with Crippen LogP contribution in [0.15, 0.2) is 29.2 Å². The summed E-state index contributed by atoms with van der Waals surface area (Å²) in [4.78, 5) is 23.0. The number of sulfonamides is 1. The molecular weight excluding hydrogens is 342 g/mol. The second kappa shape index (κ2) is 8.96. The van der Waals surface area contributed by atoms with Gasteiger partial charge < -0.3 is 10.6 Å². The molecule has 138 valence electrons. The highest BCUT2D eigenvalue weighted by atomic mass is 32.2. The predicted octanol–water partition coefficient (Wildman–Crippen LogP) is 1.12. The number of hydrogen-bond donors (Lipinski definition) is 2. The van der Waals surface area contributed by atoms with Crippen molar-refractivity contribution < 1.29 is 18.0 Å². The summed E-state index contributed by atoms with van der Waals surface area (Å²) < 4.78 is 26.3. The van der Waals surface area contributed by atoms with Crippen molar-refractivity contribution in [1.82, 2.24) is 14.9 Å². The van der Waals surface area contributed by atoms with Gasteiger partial charge in [0.25, 0.3) is 5.91 Å². The van der Waals surface area contributed by atoms with Gasteiger partial charge in [-0.15, -0.1) is 0 Å². The molecule has 1 aromatic carbocycles. The van der Waals surface area contributed by atoms with Crippen LogP contribution in [0.1, 0.15) is 43.0 Å². The van der Waals surface area contributed by atoms with Crippen LogP contribution in [0.4, 0.5) is 0 Å². The van der Waals surface area contributed by atoms with Crippen LogP contribution in [0.3, 0.4) is 0 Å². The molecule has 2 rings (SSSR count). The van der Waals surface area contributed by atoms with Crippen molar-refractivity contribution in [2.24, 2.45) is 0 Å². The molecule has 0 atom stereocenters. The van der Waals surface area contributed by atoms with E-state index in [9.17, 15) is 18.0 Å². The molecule has 2 amide bonds. The second-order valence-electron chi connectivity index (χ2n) is 6.08. The number of carbonyl (C=O) groups is 2. The largest absolute Gasteiger partial charge is 0.356 e. The topological polar surface area (TPSA) is 95.6 Å². The Bertz CT molecular complexity index is 695. The highest BCUT2D eigenvalue weighted by Crippen LogP contribution is 2.21. The number of carbonyl (C=O) groups excluding carboxylic acids is 2. The Morgan fingerprint density at radius 1 is 1.00 bits per heavy atom.